The molecular weight excluding hydrogens is 314 g/mol. The molecule has 0 heterocycles. The minimum absolute atomic E-state index is 0.193. The SMILES string of the molecule is O=C(O)C1(c2ccc(Cl)cc2)CC1I. The number of carbonyl (C=O) groups is 1. The number of rotatable bonds is 2. The molecule has 0 bridgehead atoms. The molecule has 0 aliphatic heterocycles. The Morgan fingerprint density at radius 3 is 2.36 bits per heavy atom. The smallest absolute Gasteiger partial charge is 0.315 e. The van der Waals surface area contributed by atoms with Gasteiger partial charge >= 0.3 is 5.97 Å². The van der Waals surface area contributed by atoms with Crippen LogP contribution in [0.3, 0.4) is 0 Å². The van der Waals surface area contributed by atoms with Gasteiger partial charge < -0.3 is 5.11 Å². The van der Waals surface area contributed by atoms with Gasteiger partial charge in [-0.05, 0) is 24.1 Å². The van der Waals surface area contributed by atoms with Gasteiger partial charge in [0.1, 0.15) is 5.41 Å². The van der Waals surface area contributed by atoms with Crippen LogP contribution in [0, 0.1) is 0 Å². The standard InChI is InChI=1S/C10H8ClIO2/c11-7-3-1-6(2-4-7)10(9(13)14)5-8(10)12/h1-4,8H,5H2,(H,13,14). The van der Waals surface area contributed by atoms with Crippen molar-refractivity contribution in [1.29, 1.82) is 0 Å². The highest BCUT2D eigenvalue weighted by Gasteiger charge is 2.60. The Balaban J connectivity index is 2.39. The molecule has 4 heteroatoms. The van der Waals surface area contributed by atoms with E-state index in [-0.39, 0.29) is 3.92 Å². The number of carboxylic acids is 1. The zero-order chi connectivity index (χ0) is 10.3. The second-order valence-electron chi connectivity index (χ2n) is 3.46. The predicted octanol–water partition coefficient (Wildman–Crippen LogP) is 2.87. The van der Waals surface area contributed by atoms with Gasteiger partial charge in [0.2, 0.25) is 0 Å². The number of benzene rings is 1. The van der Waals surface area contributed by atoms with Crippen molar-refractivity contribution < 1.29 is 9.90 Å². The third-order valence-corrected chi connectivity index (χ3v) is 4.37. The first kappa shape index (κ1) is 10.2. The Labute approximate surface area is 100 Å². The van der Waals surface area contributed by atoms with E-state index in [1.807, 2.05) is 0 Å². The van der Waals surface area contributed by atoms with Crippen molar-refractivity contribution in [2.45, 2.75) is 15.8 Å². The summed E-state index contributed by atoms with van der Waals surface area (Å²) in [4.78, 5) is 11.1. The van der Waals surface area contributed by atoms with Gasteiger partial charge in [0.15, 0.2) is 0 Å². The highest BCUT2D eigenvalue weighted by atomic mass is 127. The Morgan fingerprint density at radius 1 is 1.50 bits per heavy atom. The van der Waals surface area contributed by atoms with Crippen molar-refractivity contribution in [2.24, 2.45) is 0 Å². The summed E-state index contributed by atoms with van der Waals surface area (Å²) in [6.07, 6.45) is 0.713. The van der Waals surface area contributed by atoms with Crippen molar-refractivity contribution in [2.75, 3.05) is 0 Å². The van der Waals surface area contributed by atoms with E-state index in [1.165, 1.54) is 0 Å². The van der Waals surface area contributed by atoms with Crippen LogP contribution in [0.15, 0.2) is 24.3 Å². The molecular formula is C10H8ClIO2. The predicted molar refractivity (Wildman–Crippen MR) is 63.2 cm³/mol. The van der Waals surface area contributed by atoms with Gasteiger partial charge in [0.25, 0.3) is 0 Å². The summed E-state index contributed by atoms with van der Waals surface area (Å²) in [5.41, 5.74) is 0.194. The second kappa shape index (κ2) is 3.38. The number of aliphatic carboxylic acids is 1. The van der Waals surface area contributed by atoms with Crippen LogP contribution in [0.1, 0.15) is 12.0 Å². The average molecular weight is 323 g/mol. The third-order valence-electron chi connectivity index (χ3n) is 2.62. The lowest BCUT2D eigenvalue weighted by Gasteiger charge is -2.10. The first-order valence-electron chi connectivity index (χ1n) is 4.21. The molecule has 1 N–H and O–H groups in total. The van der Waals surface area contributed by atoms with Gasteiger partial charge in [0, 0.05) is 8.95 Å². The molecule has 1 fully saturated rings. The number of halogens is 2. The molecule has 1 aliphatic rings. The first-order chi connectivity index (χ1) is 6.57. The average Bonchev–Trinajstić information content (AvgIpc) is 2.80. The van der Waals surface area contributed by atoms with Crippen molar-refractivity contribution in [3.63, 3.8) is 0 Å². The minimum atomic E-state index is -0.737. The maximum absolute atomic E-state index is 11.1. The fraction of sp³-hybridized carbons (Fsp3) is 0.300. The number of alkyl halides is 1. The first-order valence-corrected chi connectivity index (χ1v) is 5.83. The Bertz CT molecular complexity index is 376. The molecule has 1 aromatic carbocycles. The van der Waals surface area contributed by atoms with Crippen molar-refractivity contribution in [1.82, 2.24) is 0 Å². The largest absolute Gasteiger partial charge is 0.481 e. The van der Waals surface area contributed by atoms with Crippen LogP contribution >= 0.6 is 34.2 Å². The highest BCUT2D eigenvalue weighted by Crippen LogP contribution is 2.53. The molecule has 2 rings (SSSR count). The lowest BCUT2D eigenvalue weighted by atomic mass is 9.96. The van der Waals surface area contributed by atoms with Gasteiger partial charge in [-0.3, -0.25) is 4.79 Å². The van der Waals surface area contributed by atoms with E-state index < -0.39 is 11.4 Å². The molecule has 0 amide bonds. The molecule has 1 aromatic rings. The van der Waals surface area contributed by atoms with Crippen molar-refractivity contribution >= 4 is 40.2 Å². The topological polar surface area (TPSA) is 37.3 Å². The van der Waals surface area contributed by atoms with E-state index in [2.05, 4.69) is 22.6 Å². The number of carboxylic acid groups (broad SMARTS) is 1. The van der Waals surface area contributed by atoms with Crippen molar-refractivity contribution in [3.8, 4) is 0 Å². The van der Waals surface area contributed by atoms with Crippen LogP contribution in [0.2, 0.25) is 5.02 Å². The summed E-state index contributed by atoms with van der Waals surface area (Å²) in [6.45, 7) is 0. The van der Waals surface area contributed by atoms with Crippen LogP contribution in [0.25, 0.3) is 0 Å². The maximum Gasteiger partial charge on any atom is 0.315 e. The van der Waals surface area contributed by atoms with Gasteiger partial charge in [-0.1, -0.05) is 46.3 Å². The van der Waals surface area contributed by atoms with Gasteiger partial charge in [-0.25, -0.2) is 0 Å². The molecule has 0 saturated heterocycles. The quantitative estimate of drug-likeness (QED) is 0.671. The lowest BCUT2D eigenvalue weighted by Crippen LogP contribution is -2.22. The molecule has 0 spiro atoms. The zero-order valence-corrected chi connectivity index (χ0v) is 10.1. The second-order valence-corrected chi connectivity index (χ2v) is 5.40. The maximum atomic E-state index is 11.1. The fourth-order valence-electron chi connectivity index (χ4n) is 1.61. The summed E-state index contributed by atoms with van der Waals surface area (Å²) < 4.78 is 0.193. The minimum Gasteiger partial charge on any atom is -0.481 e. The Kier molecular flexibility index (Phi) is 2.47. The third kappa shape index (κ3) is 1.42. The van der Waals surface area contributed by atoms with Crippen LogP contribution < -0.4 is 0 Å². The highest BCUT2D eigenvalue weighted by molar-refractivity contribution is 14.1. The summed E-state index contributed by atoms with van der Waals surface area (Å²) >= 11 is 7.93. The number of hydrogen-bond donors (Lipinski definition) is 1. The molecule has 14 heavy (non-hydrogen) atoms. The van der Waals surface area contributed by atoms with E-state index >= 15 is 0 Å². The fourth-order valence-corrected chi connectivity index (χ4v) is 3.06. The van der Waals surface area contributed by atoms with Crippen LogP contribution in [0.5, 0.6) is 0 Å². The van der Waals surface area contributed by atoms with E-state index in [4.69, 9.17) is 16.7 Å². The molecule has 2 atom stereocenters. The van der Waals surface area contributed by atoms with E-state index in [1.54, 1.807) is 24.3 Å². The van der Waals surface area contributed by atoms with Crippen LogP contribution in [0.4, 0.5) is 0 Å². The zero-order valence-electron chi connectivity index (χ0n) is 7.21. The summed E-state index contributed by atoms with van der Waals surface area (Å²) in [5.74, 6) is -0.737. The van der Waals surface area contributed by atoms with E-state index in [9.17, 15) is 4.79 Å². The van der Waals surface area contributed by atoms with Gasteiger partial charge in [-0.15, -0.1) is 0 Å². The normalized spacial score (nSPS) is 30.0. The molecule has 1 aliphatic carbocycles. The summed E-state index contributed by atoms with van der Waals surface area (Å²) in [5, 5.41) is 9.80. The van der Waals surface area contributed by atoms with Crippen molar-refractivity contribution in [3.05, 3.63) is 34.9 Å². The number of hydrogen-bond acceptors (Lipinski definition) is 1. The summed E-state index contributed by atoms with van der Waals surface area (Å²) in [7, 11) is 0. The Morgan fingerprint density at radius 2 is 2.00 bits per heavy atom. The van der Waals surface area contributed by atoms with Gasteiger partial charge in [-0.2, -0.15) is 0 Å². The van der Waals surface area contributed by atoms with E-state index in [0.717, 1.165) is 5.56 Å². The molecule has 2 unspecified atom stereocenters. The summed E-state index contributed by atoms with van der Waals surface area (Å²) in [6, 6.07) is 7.08. The molecule has 74 valence electrons. The Hall–Kier alpha value is -0.290. The monoisotopic (exact) mass is 322 g/mol. The molecule has 2 nitrogen and oxygen atoms in total. The van der Waals surface area contributed by atoms with Crippen LogP contribution in [-0.4, -0.2) is 15.0 Å². The lowest BCUT2D eigenvalue weighted by molar-refractivity contribution is -0.139. The van der Waals surface area contributed by atoms with Gasteiger partial charge in [0.05, 0.1) is 0 Å². The molecule has 1 saturated carbocycles. The van der Waals surface area contributed by atoms with Crippen LogP contribution in [-0.2, 0) is 10.2 Å². The molecule has 0 radical (unpaired) electrons. The van der Waals surface area contributed by atoms with E-state index in [0.29, 0.717) is 11.4 Å². The molecule has 0 aromatic heterocycles.